The molecule has 6 nitrogen and oxygen atoms in total. The van der Waals surface area contributed by atoms with Crippen molar-refractivity contribution in [3.63, 3.8) is 0 Å². The van der Waals surface area contributed by atoms with Crippen LogP contribution in [0.5, 0.6) is 5.75 Å². The molecule has 0 radical (unpaired) electrons. The molecule has 0 atom stereocenters. The normalized spacial score (nSPS) is 10.5. The number of aromatic nitrogens is 1. The number of nitrogens with one attached hydrogen (secondary N) is 2. The molecule has 1 aromatic carbocycles. The summed E-state index contributed by atoms with van der Waals surface area (Å²) in [7, 11) is 1.57. The summed E-state index contributed by atoms with van der Waals surface area (Å²) in [5.74, 6) is 0.210. The molecule has 2 aromatic rings. The number of hydrogen-bond acceptors (Lipinski definition) is 5. The zero-order chi connectivity index (χ0) is 16.5. The number of carbonyl (C=O) groups is 1. The summed E-state index contributed by atoms with van der Waals surface area (Å²) < 4.78 is 5.05. The summed E-state index contributed by atoms with van der Waals surface area (Å²) in [6.45, 7) is 0.432. The molecule has 0 aliphatic carbocycles. The number of benzene rings is 1. The number of methoxy groups -OCH3 is 1. The van der Waals surface area contributed by atoms with Crippen LogP contribution in [0.25, 0.3) is 0 Å². The average molecular weight is 308 g/mol. The zero-order valence-electron chi connectivity index (χ0n) is 12.6. The third kappa shape index (κ3) is 4.86. The molecule has 0 bridgehead atoms. The molecule has 0 saturated carbocycles. The maximum absolute atomic E-state index is 12.1. The van der Waals surface area contributed by atoms with Crippen LogP contribution in [0.3, 0.4) is 0 Å². The Morgan fingerprint density at radius 2 is 2.09 bits per heavy atom. The van der Waals surface area contributed by atoms with Crippen molar-refractivity contribution in [2.45, 2.75) is 6.54 Å². The van der Waals surface area contributed by atoms with Gasteiger partial charge in [0.1, 0.15) is 17.4 Å². The molecular weight excluding hydrogens is 292 g/mol. The minimum atomic E-state index is -0.480. The van der Waals surface area contributed by atoms with Crippen LogP contribution in [0, 0.1) is 11.3 Å². The maximum atomic E-state index is 12.1. The zero-order valence-corrected chi connectivity index (χ0v) is 12.6. The number of amides is 1. The second-order valence-corrected chi connectivity index (χ2v) is 4.55. The van der Waals surface area contributed by atoms with E-state index in [9.17, 15) is 4.79 Å². The topological polar surface area (TPSA) is 87.0 Å². The molecule has 2 rings (SSSR count). The SMILES string of the molecule is COc1ccc(NC(=O)/C(C#N)=C\NCc2ccccn2)cc1. The van der Waals surface area contributed by atoms with Crippen molar-refractivity contribution in [3.05, 3.63) is 66.1 Å². The second-order valence-electron chi connectivity index (χ2n) is 4.55. The fraction of sp³-hybridized carbons (Fsp3) is 0.118. The van der Waals surface area contributed by atoms with Crippen LogP contribution in [-0.2, 0) is 11.3 Å². The van der Waals surface area contributed by atoms with Crippen molar-refractivity contribution in [3.8, 4) is 11.8 Å². The van der Waals surface area contributed by atoms with E-state index in [0.29, 0.717) is 18.0 Å². The number of nitrogens with zero attached hydrogens (tertiary/aromatic N) is 2. The molecular formula is C17H16N4O2. The smallest absolute Gasteiger partial charge is 0.267 e. The number of ether oxygens (including phenoxy) is 1. The monoisotopic (exact) mass is 308 g/mol. The van der Waals surface area contributed by atoms with Gasteiger partial charge in [0.05, 0.1) is 19.3 Å². The Morgan fingerprint density at radius 3 is 2.70 bits per heavy atom. The molecule has 0 fully saturated rings. The third-order valence-corrected chi connectivity index (χ3v) is 2.97. The minimum absolute atomic E-state index is 0.0169. The van der Waals surface area contributed by atoms with Crippen LogP contribution in [0.2, 0.25) is 0 Å². The summed E-state index contributed by atoms with van der Waals surface area (Å²) in [4.78, 5) is 16.2. The van der Waals surface area contributed by atoms with Gasteiger partial charge < -0.3 is 15.4 Å². The number of carbonyl (C=O) groups excluding carboxylic acids is 1. The van der Waals surface area contributed by atoms with Gasteiger partial charge in [-0.05, 0) is 36.4 Å². The lowest BCUT2D eigenvalue weighted by Gasteiger charge is -2.06. The number of hydrogen-bond donors (Lipinski definition) is 2. The highest BCUT2D eigenvalue weighted by atomic mass is 16.5. The van der Waals surface area contributed by atoms with E-state index >= 15 is 0 Å². The number of pyridine rings is 1. The van der Waals surface area contributed by atoms with E-state index < -0.39 is 5.91 Å². The van der Waals surface area contributed by atoms with Crippen LogP contribution < -0.4 is 15.4 Å². The van der Waals surface area contributed by atoms with Gasteiger partial charge in [0, 0.05) is 18.1 Å². The van der Waals surface area contributed by atoms with Gasteiger partial charge in [-0.2, -0.15) is 5.26 Å². The lowest BCUT2D eigenvalue weighted by Crippen LogP contribution is -2.16. The maximum Gasteiger partial charge on any atom is 0.267 e. The first-order valence-corrected chi connectivity index (χ1v) is 6.92. The first-order valence-electron chi connectivity index (χ1n) is 6.92. The largest absolute Gasteiger partial charge is 0.497 e. The number of rotatable bonds is 6. The first-order chi connectivity index (χ1) is 11.2. The summed E-state index contributed by atoms with van der Waals surface area (Å²) >= 11 is 0. The fourth-order valence-electron chi connectivity index (χ4n) is 1.78. The van der Waals surface area contributed by atoms with Crippen LogP contribution >= 0.6 is 0 Å². The highest BCUT2D eigenvalue weighted by Crippen LogP contribution is 2.15. The standard InChI is InChI=1S/C17H16N4O2/c1-23-16-7-5-14(6-8-16)21-17(22)13(10-18)11-19-12-15-4-2-3-9-20-15/h2-9,11,19H,12H2,1H3,(H,21,22)/b13-11-. The average Bonchev–Trinajstić information content (AvgIpc) is 2.60. The summed E-state index contributed by atoms with van der Waals surface area (Å²) in [6, 6.07) is 14.3. The van der Waals surface area contributed by atoms with Gasteiger partial charge >= 0.3 is 0 Å². The van der Waals surface area contributed by atoms with Gasteiger partial charge in [0.2, 0.25) is 0 Å². The van der Waals surface area contributed by atoms with Crippen LogP contribution in [-0.4, -0.2) is 18.0 Å². The molecule has 6 heteroatoms. The van der Waals surface area contributed by atoms with E-state index in [4.69, 9.17) is 10.00 Å². The van der Waals surface area contributed by atoms with Crippen LogP contribution in [0.15, 0.2) is 60.4 Å². The van der Waals surface area contributed by atoms with Crippen molar-refractivity contribution in [1.82, 2.24) is 10.3 Å². The Bertz CT molecular complexity index is 719. The molecule has 2 N–H and O–H groups in total. The number of anilines is 1. The lowest BCUT2D eigenvalue weighted by molar-refractivity contribution is -0.112. The quantitative estimate of drug-likeness (QED) is 0.631. The van der Waals surface area contributed by atoms with Crippen molar-refractivity contribution in [1.29, 1.82) is 5.26 Å². The predicted octanol–water partition coefficient (Wildman–Crippen LogP) is 2.23. The van der Waals surface area contributed by atoms with E-state index in [1.807, 2.05) is 24.3 Å². The Balaban J connectivity index is 1.94. The van der Waals surface area contributed by atoms with E-state index in [2.05, 4.69) is 15.6 Å². The van der Waals surface area contributed by atoms with E-state index in [-0.39, 0.29) is 5.57 Å². The minimum Gasteiger partial charge on any atom is -0.497 e. The molecule has 0 aliphatic heterocycles. The van der Waals surface area contributed by atoms with E-state index in [0.717, 1.165) is 5.69 Å². The Morgan fingerprint density at radius 1 is 1.30 bits per heavy atom. The molecule has 1 aromatic heterocycles. The Hall–Kier alpha value is -3.33. The molecule has 0 aliphatic rings. The first kappa shape index (κ1) is 16.0. The predicted molar refractivity (Wildman–Crippen MR) is 86.4 cm³/mol. The molecule has 116 valence electrons. The van der Waals surface area contributed by atoms with Crippen molar-refractivity contribution in [2.75, 3.05) is 12.4 Å². The highest BCUT2D eigenvalue weighted by molar-refractivity contribution is 6.06. The van der Waals surface area contributed by atoms with Crippen LogP contribution in [0.1, 0.15) is 5.69 Å². The van der Waals surface area contributed by atoms with Gasteiger partial charge in [-0.3, -0.25) is 9.78 Å². The van der Waals surface area contributed by atoms with Gasteiger partial charge in [0.15, 0.2) is 0 Å². The lowest BCUT2D eigenvalue weighted by atomic mass is 10.2. The Labute approximate surface area is 134 Å². The summed E-state index contributed by atoms with van der Waals surface area (Å²) in [6.07, 6.45) is 3.07. The van der Waals surface area contributed by atoms with Gasteiger partial charge in [0.25, 0.3) is 5.91 Å². The van der Waals surface area contributed by atoms with Crippen molar-refractivity contribution < 1.29 is 9.53 Å². The highest BCUT2D eigenvalue weighted by Gasteiger charge is 2.09. The summed E-state index contributed by atoms with van der Waals surface area (Å²) in [5.41, 5.74) is 1.38. The van der Waals surface area contributed by atoms with Gasteiger partial charge in [-0.1, -0.05) is 6.07 Å². The second kappa shape index (κ2) is 8.20. The molecule has 0 spiro atoms. The third-order valence-electron chi connectivity index (χ3n) is 2.97. The fourth-order valence-corrected chi connectivity index (χ4v) is 1.78. The molecule has 0 saturated heterocycles. The van der Waals surface area contributed by atoms with E-state index in [1.54, 1.807) is 37.6 Å². The van der Waals surface area contributed by atoms with Gasteiger partial charge in [-0.25, -0.2) is 0 Å². The van der Waals surface area contributed by atoms with Crippen LogP contribution in [0.4, 0.5) is 5.69 Å². The summed E-state index contributed by atoms with van der Waals surface area (Å²) in [5, 5.41) is 14.7. The number of nitriles is 1. The van der Waals surface area contributed by atoms with Gasteiger partial charge in [-0.15, -0.1) is 0 Å². The molecule has 0 unspecified atom stereocenters. The molecule has 23 heavy (non-hydrogen) atoms. The van der Waals surface area contributed by atoms with Crippen molar-refractivity contribution >= 4 is 11.6 Å². The Kier molecular flexibility index (Phi) is 5.72. The van der Waals surface area contributed by atoms with E-state index in [1.165, 1.54) is 6.20 Å². The molecule has 1 heterocycles. The van der Waals surface area contributed by atoms with Crippen molar-refractivity contribution in [2.24, 2.45) is 0 Å². The molecule has 1 amide bonds.